The minimum absolute atomic E-state index is 0.267. The van der Waals surface area contributed by atoms with Crippen LogP contribution in [0.4, 0.5) is 0 Å². The quantitative estimate of drug-likeness (QED) is 0.752. The fourth-order valence-electron chi connectivity index (χ4n) is 3.61. The van der Waals surface area contributed by atoms with Crippen LogP contribution in [-0.2, 0) is 11.3 Å². The number of carbonyl (C=O) groups is 1. The Bertz CT molecular complexity index is 932. The van der Waals surface area contributed by atoms with Gasteiger partial charge in [0.15, 0.2) is 0 Å². The van der Waals surface area contributed by atoms with E-state index < -0.39 is 5.97 Å². The van der Waals surface area contributed by atoms with Gasteiger partial charge in [-0.3, -0.25) is 9.69 Å². The summed E-state index contributed by atoms with van der Waals surface area (Å²) in [5.41, 5.74) is 5.39. The molecule has 0 aliphatic carbocycles. The van der Waals surface area contributed by atoms with Gasteiger partial charge >= 0.3 is 5.97 Å². The Morgan fingerprint density at radius 3 is 2.56 bits per heavy atom. The number of hydrogen-bond acceptors (Lipinski definition) is 3. The Morgan fingerprint density at radius 2 is 1.89 bits per heavy atom. The van der Waals surface area contributed by atoms with Crippen molar-refractivity contribution < 1.29 is 9.90 Å². The van der Waals surface area contributed by atoms with Crippen LogP contribution in [0.2, 0.25) is 0 Å². The lowest BCUT2D eigenvalue weighted by atomic mass is 10.1. The van der Waals surface area contributed by atoms with E-state index in [4.69, 9.17) is 5.10 Å². The Labute approximate surface area is 158 Å². The highest BCUT2D eigenvalue weighted by molar-refractivity contribution is 5.70. The Hall–Kier alpha value is -2.92. The lowest BCUT2D eigenvalue weighted by Crippen LogP contribution is -2.22. The highest BCUT2D eigenvalue weighted by Gasteiger charge is 2.28. The third-order valence-electron chi connectivity index (χ3n) is 5.15. The third-order valence-corrected chi connectivity index (χ3v) is 5.15. The smallest absolute Gasteiger partial charge is 0.307 e. The van der Waals surface area contributed by atoms with Gasteiger partial charge in [0.1, 0.15) is 0 Å². The lowest BCUT2D eigenvalue weighted by molar-refractivity contribution is -0.141. The first kappa shape index (κ1) is 17.5. The molecule has 2 heterocycles. The molecule has 27 heavy (non-hydrogen) atoms. The molecule has 138 valence electrons. The Balaban J connectivity index is 1.67. The number of carboxylic acids is 1. The largest absolute Gasteiger partial charge is 0.481 e. The van der Waals surface area contributed by atoms with Gasteiger partial charge in [-0.2, -0.15) is 5.10 Å². The highest BCUT2D eigenvalue weighted by atomic mass is 16.4. The molecule has 1 unspecified atom stereocenters. The van der Waals surface area contributed by atoms with Crippen molar-refractivity contribution in [3.8, 4) is 16.9 Å². The van der Waals surface area contributed by atoms with Gasteiger partial charge in [0.2, 0.25) is 0 Å². The minimum atomic E-state index is -0.698. The zero-order valence-electron chi connectivity index (χ0n) is 15.4. The molecule has 0 spiro atoms. The first-order chi connectivity index (χ1) is 13.1. The maximum atomic E-state index is 11.3. The maximum Gasteiger partial charge on any atom is 0.307 e. The van der Waals surface area contributed by atoms with Crippen LogP contribution in [0, 0.1) is 12.8 Å². The minimum Gasteiger partial charge on any atom is -0.481 e. The van der Waals surface area contributed by atoms with Gasteiger partial charge in [0.25, 0.3) is 0 Å². The standard InChI is InChI=1S/C22H23N3O2/c1-16-7-9-17(10-8-16)21-19(14-24-12-11-18(13-24)22(26)27)15-25(23-21)20-5-3-2-4-6-20/h2-10,15,18H,11-14H2,1H3,(H,26,27). The highest BCUT2D eigenvalue weighted by Crippen LogP contribution is 2.27. The van der Waals surface area contributed by atoms with Crippen molar-refractivity contribution in [2.24, 2.45) is 5.92 Å². The van der Waals surface area contributed by atoms with Crippen molar-refractivity contribution in [2.45, 2.75) is 19.9 Å². The van der Waals surface area contributed by atoms with Crippen LogP contribution in [0.1, 0.15) is 17.5 Å². The molecule has 1 saturated heterocycles. The molecule has 1 fully saturated rings. The first-order valence-corrected chi connectivity index (χ1v) is 9.26. The summed E-state index contributed by atoms with van der Waals surface area (Å²) in [6.07, 6.45) is 2.78. The summed E-state index contributed by atoms with van der Waals surface area (Å²) in [5.74, 6) is -0.965. The molecule has 0 amide bonds. The summed E-state index contributed by atoms with van der Waals surface area (Å²) >= 11 is 0. The number of benzene rings is 2. The summed E-state index contributed by atoms with van der Waals surface area (Å²) < 4.78 is 1.91. The number of rotatable bonds is 5. The topological polar surface area (TPSA) is 58.4 Å². The van der Waals surface area contributed by atoms with E-state index in [-0.39, 0.29) is 5.92 Å². The molecule has 1 aromatic heterocycles. The summed E-state index contributed by atoms with van der Waals surface area (Å²) in [6, 6.07) is 18.4. The molecule has 5 nitrogen and oxygen atoms in total. The number of likely N-dealkylation sites (tertiary alicyclic amines) is 1. The van der Waals surface area contributed by atoms with Gasteiger partial charge in [-0.25, -0.2) is 4.68 Å². The van der Waals surface area contributed by atoms with Crippen LogP contribution in [0.15, 0.2) is 60.8 Å². The number of hydrogen-bond donors (Lipinski definition) is 1. The molecule has 5 heteroatoms. The van der Waals surface area contributed by atoms with Gasteiger partial charge < -0.3 is 5.11 Å². The molecule has 1 atom stereocenters. The zero-order chi connectivity index (χ0) is 18.8. The van der Waals surface area contributed by atoms with Gasteiger partial charge in [0.05, 0.1) is 17.3 Å². The van der Waals surface area contributed by atoms with Crippen molar-refractivity contribution >= 4 is 5.97 Å². The van der Waals surface area contributed by atoms with Gasteiger partial charge in [-0.05, 0) is 32.0 Å². The lowest BCUT2D eigenvalue weighted by Gasteiger charge is -2.15. The second-order valence-electron chi connectivity index (χ2n) is 7.21. The number of aromatic nitrogens is 2. The van der Waals surface area contributed by atoms with Gasteiger partial charge in [-0.15, -0.1) is 0 Å². The molecular weight excluding hydrogens is 338 g/mol. The predicted molar refractivity (Wildman–Crippen MR) is 105 cm³/mol. The van der Waals surface area contributed by atoms with Crippen LogP contribution < -0.4 is 0 Å². The predicted octanol–water partition coefficient (Wildman–Crippen LogP) is 3.75. The molecule has 0 radical (unpaired) electrons. The summed E-state index contributed by atoms with van der Waals surface area (Å²) in [5, 5.41) is 14.1. The zero-order valence-corrected chi connectivity index (χ0v) is 15.4. The van der Waals surface area contributed by atoms with E-state index in [2.05, 4.69) is 42.3 Å². The molecular formula is C22H23N3O2. The fraction of sp³-hybridized carbons (Fsp3) is 0.273. The molecule has 1 aliphatic rings. The monoisotopic (exact) mass is 361 g/mol. The number of para-hydroxylation sites is 1. The Kier molecular flexibility index (Phi) is 4.77. The van der Waals surface area contributed by atoms with Crippen LogP contribution in [0.3, 0.4) is 0 Å². The van der Waals surface area contributed by atoms with E-state index in [1.54, 1.807) is 0 Å². The average molecular weight is 361 g/mol. The van der Waals surface area contributed by atoms with Gasteiger partial charge in [0, 0.05) is 30.4 Å². The maximum absolute atomic E-state index is 11.3. The average Bonchev–Trinajstić information content (AvgIpc) is 3.31. The van der Waals surface area contributed by atoms with Crippen molar-refractivity contribution in [1.82, 2.24) is 14.7 Å². The van der Waals surface area contributed by atoms with Gasteiger partial charge in [-0.1, -0.05) is 48.0 Å². The molecule has 4 rings (SSSR count). The van der Waals surface area contributed by atoms with E-state index in [0.717, 1.165) is 29.1 Å². The van der Waals surface area contributed by atoms with Crippen molar-refractivity contribution in [3.63, 3.8) is 0 Å². The molecule has 1 N–H and O–H groups in total. The molecule has 3 aromatic rings. The Morgan fingerprint density at radius 1 is 1.15 bits per heavy atom. The number of nitrogens with zero attached hydrogens (tertiary/aromatic N) is 3. The van der Waals surface area contributed by atoms with E-state index in [1.807, 2.05) is 35.0 Å². The number of aliphatic carboxylic acids is 1. The SMILES string of the molecule is Cc1ccc(-c2nn(-c3ccccc3)cc2CN2CCC(C(=O)O)C2)cc1. The van der Waals surface area contributed by atoms with Crippen molar-refractivity contribution in [3.05, 3.63) is 71.9 Å². The first-order valence-electron chi connectivity index (χ1n) is 9.26. The van der Waals surface area contributed by atoms with E-state index in [0.29, 0.717) is 19.5 Å². The molecule has 0 saturated carbocycles. The van der Waals surface area contributed by atoms with E-state index in [1.165, 1.54) is 5.56 Å². The van der Waals surface area contributed by atoms with E-state index >= 15 is 0 Å². The van der Waals surface area contributed by atoms with Crippen LogP contribution in [0.5, 0.6) is 0 Å². The van der Waals surface area contributed by atoms with Crippen molar-refractivity contribution in [2.75, 3.05) is 13.1 Å². The summed E-state index contributed by atoms with van der Waals surface area (Å²) in [6.45, 7) is 4.18. The number of aryl methyl sites for hydroxylation is 1. The number of carboxylic acid groups (broad SMARTS) is 1. The van der Waals surface area contributed by atoms with Crippen LogP contribution >= 0.6 is 0 Å². The normalized spacial score (nSPS) is 17.3. The van der Waals surface area contributed by atoms with E-state index in [9.17, 15) is 9.90 Å². The fourth-order valence-corrected chi connectivity index (χ4v) is 3.61. The molecule has 1 aliphatic heterocycles. The summed E-state index contributed by atoms with van der Waals surface area (Å²) in [7, 11) is 0. The second-order valence-corrected chi connectivity index (χ2v) is 7.21. The molecule has 0 bridgehead atoms. The second kappa shape index (κ2) is 7.37. The van der Waals surface area contributed by atoms with Crippen LogP contribution in [-0.4, -0.2) is 38.8 Å². The molecule has 2 aromatic carbocycles. The summed E-state index contributed by atoms with van der Waals surface area (Å²) in [4.78, 5) is 13.5. The van der Waals surface area contributed by atoms with Crippen molar-refractivity contribution in [1.29, 1.82) is 0 Å². The van der Waals surface area contributed by atoms with Crippen LogP contribution in [0.25, 0.3) is 16.9 Å². The third kappa shape index (κ3) is 3.78.